The van der Waals surface area contributed by atoms with Crippen molar-refractivity contribution >= 4 is 31.9 Å². The topological polar surface area (TPSA) is 102 Å². The van der Waals surface area contributed by atoms with E-state index in [0.717, 1.165) is 17.7 Å². The number of rotatable bonds is 7. The maximum Gasteiger partial charge on any atom is 0.325 e. The second-order valence-electron chi connectivity index (χ2n) is 7.68. The Hall–Kier alpha value is -2.76. The summed E-state index contributed by atoms with van der Waals surface area (Å²) < 4.78 is 48.7. The minimum atomic E-state index is -3.87. The van der Waals surface area contributed by atoms with Crippen LogP contribution in [0.2, 0.25) is 0 Å². The number of hydrogen-bond donors (Lipinski definition) is 1. The van der Waals surface area contributed by atoms with E-state index in [0.29, 0.717) is 28.8 Å². The van der Waals surface area contributed by atoms with Gasteiger partial charge in [0.2, 0.25) is 10.0 Å². The van der Waals surface area contributed by atoms with Crippen molar-refractivity contribution in [3.8, 4) is 11.5 Å². The van der Waals surface area contributed by atoms with E-state index in [9.17, 15) is 17.6 Å². The van der Waals surface area contributed by atoms with Crippen molar-refractivity contribution in [2.45, 2.75) is 36.7 Å². The molecule has 1 aliphatic carbocycles. The standard InChI is InChI=1S/C22H21BrFN3O5S/c1-26(19-3-2-4-20-17(19)12-25-27(20)13-22(28)29)33(30,31)16-9-10-21(18(23)11-16)32-15-7-5-14(24)6-8-15/h5-12,19H,2-4,13H2,1H3,(H,28,29)/t19-/m1/s1. The van der Waals surface area contributed by atoms with Crippen LogP contribution in [0.5, 0.6) is 11.5 Å². The lowest BCUT2D eigenvalue weighted by atomic mass is 9.93. The summed E-state index contributed by atoms with van der Waals surface area (Å²) in [5, 5.41) is 13.3. The predicted octanol–water partition coefficient (Wildman–Crippen LogP) is 4.36. The van der Waals surface area contributed by atoms with Crippen molar-refractivity contribution in [3.63, 3.8) is 0 Å². The van der Waals surface area contributed by atoms with E-state index in [-0.39, 0.29) is 17.3 Å². The zero-order valence-corrected chi connectivity index (χ0v) is 20.0. The van der Waals surface area contributed by atoms with Gasteiger partial charge in [-0.1, -0.05) is 0 Å². The number of aliphatic carboxylic acids is 1. The number of hydrogen-bond acceptors (Lipinski definition) is 5. The Morgan fingerprint density at radius 2 is 2.03 bits per heavy atom. The Morgan fingerprint density at radius 3 is 2.70 bits per heavy atom. The van der Waals surface area contributed by atoms with Crippen LogP contribution in [0, 0.1) is 5.82 Å². The lowest BCUT2D eigenvalue weighted by Gasteiger charge is -2.31. The predicted molar refractivity (Wildman–Crippen MR) is 121 cm³/mol. The molecule has 0 spiro atoms. The monoisotopic (exact) mass is 537 g/mol. The minimum Gasteiger partial charge on any atom is -0.480 e. The molecule has 0 bridgehead atoms. The first-order valence-electron chi connectivity index (χ1n) is 10.1. The van der Waals surface area contributed by atoms with Gasteiger partial charge in [0.05, 0.1) is 21.6 Å². The zero-order valence-electron chi connectivity index (χ0n) is 17.6. The molecular formula is C22H21BrFN3O5S. The number of fused-ring (bicyclic) bond motifs is 1. The number of halogens is 2. The molecule has 1 aliphatic rings. The van der Waals surface area contributed by atoms with Crippen LogP contribution in [0.15, 0.2) is 58.0 Å². The Balaban J connectivity index is 1.58. The number of sulfonamides is 1. The molecule has 0 unspecified atom stereocenters. The van der Waals surface area contributed by atoms with Crippen LogP contribution in [0.3, 0.4) is 0 Å². The quantitative estimate of drug-likeness (QED) is 0.480. The van der Waals surface area contributed by atoms with Gasteiger partial charge in [-0.2, -0.15) is 9.40 Å². The van der Waals surface area contributed by atoms with Crippen LogP contribution in [-0.4, -0.2) is 40.6 Å². The van der Waals surface area contributed by atoms with Gasteiger partial charge in [0, 0.05) is 18.3 Å². The maximum absolute atomic E-state index is 13.4. The molecule has 0 saturated heterocycles. The summed E-state index contributed by atoms with van der Waals surface area (Å²) in [6, 6.07) is 9.50. The molecule has 0 amide bonds. The highest BCUT2D eigenvalue weighted by atomic mass is 79.9. The average molecular weight is 538 g/mol. The molecule has 2 aromatic carbocycles. The SMILES string of the molecule is CN([C@@H]1CCCc2c1cnn2CC(=O)O)S(=O)(=O)c1ccc(Oc2ccc(F)cc2)c(Br)c1. The largest absolute Gasteiger partial charge is 0.480 e. The summed E-state index contributed by atoms with van der Waals surface area (Å²) in [5.74, 6) is -0.585. The third-order valence-corrected chi connectivity index (χ3v) is 8.06. The third kappa shape index (κ3) is 4.80. The molecule has 1 N–H and O–H groups in total. The number of nitrogens with zero attached hydrogens (tertiary/aromatic N) is 3. The summed E-state index contributed by atoms with van der Waals surface area (Å²) >= 11 is 3.36. The molecule has 4 rings (SSSR count). The summed E-state index contributed by atoms with van der Waals surface area (Å²) in [6.07, 6.45) is 3.53. The van der Waals surface area contributed by atoms with Gasteiger partial charge in [-0.3, -0.25) is 9.48 Å². The van der Waals surface area contributed by atoms with Crippen molar-refractivity contribution in [1.82, 2.24) is 14.1 Å². The van der Waals surface area contributed by atoms with Gasteiger partial charge in [-0.05, 0) is 77.7 Å². The number of aromatic nitrogens is 2. The van der Waals surface area contributed by atoms with Gasteiger partial charge in [0.1, 0.15) is 23.9 Å². The van der Waals surface area contributed by atoms with E-state index in [1.54, 1.807) is 6.20 Å². The summed E-state index contributed by atoms with van der Waals surface area (Å²) in [4.78, 5) is 11.2. The normalized spacial score (nSPS) is 15.9. The van der Waals surface area contributed by atoms with Crippen molar-refractivity contribution in [3.05, 3.63) is 70.2 Å². The van der Waals surface area contributed by atoms with Crippen molar-refractivity contribution in [2.75, 3.05) is 7.05 Å². The first-order chi connectivity index (χ1) is 15.7. The molecule has 0 aliphatic heterocycles. The molecule has 174 valence electrons. The highest BCUT2D eigenvalue weighted by Gasteiger charge is 2.34. The van der Waals surface area contributed by atoms with E-state index < -0.39 is 22.0 Å². The first kappa shape index (κ1) is 23.4. The Bertz CT molecular complexity index is 1290. The molecule has 8 nitrogen and oxygen atoms in total. The number of ether oxygens (including phenoxy) is 1. The minimum absolute atomic E-state index is 0.0772. The fourth-order valence-corrected chi connectivity index (χ4v) is 5.93. The van der Waals surface area contributed by atoms with Crippen LogP contribution >= 0.6 is 15.9 Å². The van der Waals surface area contributed by atoms with Crippen LogP contribution in [-0.2, 0) is 27.8 Å². The van der Waals surface area contributed by atoms with Crippen molar-refractivity contribution < 1.29 is 27.4 Å². The Labute approximate surface area is 198 Å². The van der Waals surface area contributed by atoms with E-state index >= 15 is 0 Å². The number of carboxylic acids is 1. The van der Waals surface area contributed by atoms with E-state index in [1.807, 2.05) is 0 Å². The summed E-state index contributed by atoms with van der Waals surface area (Å²) in [5.41, 5.74) is 1.48. The summed E-state index contributed by atoms with van der Waals surface area (Å²) in [7, 11) is -2.35. The Morgan fingerprint density at radius 1 is 1.30 bits per heavy atom. The van der Waals surface area contributed by atoms with Gasteiger partial charge in [-0.15, -0.1) is 0 Å². The van der Waals surface area contributed by atoms with E-state index in [1.165, 1.54) is 58.5 Å². The van der Waals surface area contributed by atoms with Crippen LogP contribution in [0.1, 0.15) is 30.1 Å². The maximum atomic E-state index is 13.4. The molecule has 1 atom stereocenters. The fraction of sp³-hybridized carbons (Fsp3) is 0.273. The van der Waals surface area contributed by atoms with Crippen LogP contribution in [0.25, 0.3) is 0 Å². The second kappa shape index (κ2) is 9.24. The molecule has 0 saturated carbocycles. The molecule has 1 heterocycles. The Kier molecular flexibility index (Phi) is 6.55. The first-order valence-corrected chi connectivity index (χ1v) is 12.4. The fourth-order valence-electron chi connectivity index (χ4n) is 3.93. The zero-order chi connectivity index (χ0) is 23.8. The van der Waals surface area contributed by atoms with Gasteiger partial charge < -0.3 is 9.84 Å². The van der Waals surface area contributed by atoms with Gasteiger partial charge in [-0.25, -0.2) is 12.8 Å². The van der Waals surface area contributed by atoms with Crippen molar-refractivity contribution in [2.24, 2.45) is 0 Å². The molecular weight excluding hydrogens is 517 g/mol. The third-order valence-electron chi connectivity index (χ3n) is 5.58. The van der Waals surface area contributed by atoms with Crippen LogP contribution < -0.4 is 4.74 Å². The van der Waals surface area contributed by atoms with E-state index in [2.05, 4.69) is 21.0 Å². The molecule has 11 heteroatoms. The number of carboxylic acid groups (broad SMARTS) is 1. The molecule has 0 fully saturated rings. The summed E-state index contributed by atoms with van der Waals surface area (Å²) in [6.45, 7) is -0.263. The van der Waals surface area contributed by atoms with Gasteiger partial charge in [0.25, 0.3) is 0 Å². The lowest BCUT2D eigenvalue weighted by Crippen LogP contribution is -2.33. The average Bonchev–Trinajstić information content (AvgIpc) is 3.18. The highest BCUT2D eigenvalue weighted by molar-refractivity contribution is 9.10. The molecule has 0 radical (unpaired) electrons. The van der Waals surface area contributed by atoms with Crippen molar-refractivity contribution in [1.29, 1.82) is 0 Å². The lowest BCUT2D eigenvalue weighted by molar-refractivity contribution is -0.137. The van der Waals surface area contributed by atoms with Crippen LogP contribution in [0.4, 0.5) is 4.39 Å². The van der Waals surface area contributed by atoms with Gasteiger partial charge in [0.15, 0.2) is 0 Å². The van der Waals surface area contributed by atoms with E-state index in [4.69, 9.17) is 9.84 Å². The molecule has 33 heavy (non-hydrogen) atoms. The number of carbonyl (C=O) groups is 1. The highest BCUT2D eigenvalue weighted by Crippen LogP contribution is 2.38. The van der Waals surface area contributed by atoms with Gasteiger partial charge >= 0.3 is 5.97 Å². The molecule has 3 aromatic rings. The number of benzene rings is 2. The smallest absolute Gasteiger partial charge is 0.325 e. The second-order valence-corrected chi connectivity index (χ2v) is 10.5. The molecule has 1 aromatic heterocycles.